The van der Waals surface area contributed by atoms with Gasteiger partial charge >= 0.3 is 6.18 Å². The third-order valence-corrected chi connectivity index (χ3v) is 3.15. The fourth-order valence-electron chi connectivity index (χ4n) is 1.81. The van der Waals surface area contributed by atoms with E-state index in [9.17, 15) is 18.3 Å². The lowest BCUT2D eigenvalue weighted by atomic mass is 9.94. The number of halogens is 4. The lowest BCUT2D eigenvalue weighted by Crippen LogP contribution is -2.28. The van der Waals surface area contributed by atoms with E-state index in [-0.39, 0.29) is 16.5 Å². The van der Waals surface area contributed by atoms with Gasteiger partial charge in [-0.25, -0.2) is 0 Å². The van der Waals surface area contributed by atoms with E-state index in [1.165, 1.54) is 0 Å². The Morgan fingerprint density at radius 3 is 2.37 bits per heavy atom. The van der Waals surface area contributed by atoms with Crippen molar-refractivity contribution in [2.24, 2.45) is 11.7 Å². The quantitative estimate of drug-likeness (QED) is 0.888. The predicted molar refractivity (Wildman–Crippen MR) is 68.8 cm³/mol. The number of nitrogens with two attached hydrogens (primary N) is 1. The van der Waals surface area contributed by atoms with E-state index in [4.69, 9.17) is 17.3 Å². The molecule has 19 heavy (non-hydrogen) atoms. The average Bonchev–Trinajstić information content (AvgIpc) is 2.26. The van der Waals surface area contributed by atoms with Gasteiger partial charge in [-0.1, -0.05) is 25.4 Å². The van der Waals surface area contributed by atoms with Gasteiger partial charge in [-0.3, -0.25) is 0 Å². The van der Waals surface area contributed by atoms with E-state index in [1.54, 1.807) is 0 Å². The predicted octanol–water partition coefficient (Wildman–Crippen LogP) is 3.77. The highest BCUT2D eigenvalue weighted by Gasteiger charge is 2.32. The Kier molecular flexibility index (Phi) is 5.24. The van der Waals surface area contributed by atoms with Crippen LogP contribution in [-0.4, -0.2) is 11.2 Å². The van der Waals surface area contributed by atoms with Crippen LogP contribution in [0.2, 0.25) is 5.02 Å². The maximum absolute atomic E-state index is 12.6. The molecule has 2 atom stereocenters. The van der Waals surface area contributed by atoms with Crippen molar-refractivity contribution >= 4 is 11.6 Å². The fourth-order valence-corrected chi connectivity index (χ4v) is 2.06. The normalized spacial score (nSPS) is 15.6. The second kappa shape index (κ2) is 6.11. The summed E-state index contributed by atoms with van der Waals surface area (Å²) in [6.45, 7) is 3.79. The van der Waals surface area contributed by atoms with Crippen molar-refractivity contribution in [2.45, 2.75) is 38.6 Å². The summed E-state index contributed by atoms with van der Waals surface area (Å²) in [4.78, 5) is 0. The molecule has 1 aromatic carbocycles. The Morgan fingerprint density at radius 1 is 1.32 bits per heavy atom. The third kappa shape index (κ3) is 4.37. The Labute approximate surface area is 115 Å². The second-order valence-corrected chi connectivity index (χ2v) is 5.36. The van der Waals surface area contributed by atoms with Crippen LogP contribution >= 0.6 is 11.6 Å². The van der Waals surface area contributed by atoms with Crippen LogP contribution in [0, 0.1) is 5.92 Å². The summed E-state index contributed by atoms with van der Waals surface area (Å²) in [6, 6.07) is 2.02. The summed E-state index contributed by atoms with van der Waals surface area (Å²) >= 11 is 5.86. The number of aliphatic hydroxyl groups is 1. The Balaban J connectivity index is 3.05. The van der Waals surface area contributed by atoms with Gasteiger partial charge in [-0.05, 0) is 36.1 Å². The molecule has 0 amide bonds. The molecule has 3 N–H and O–H groups in total. The van der Waals surface area contributed by atoms with Crippen molar-refractivity contribution in [1.82, 2.24) is 0 Å². The van der Waals surface area contributed by atoms with E-state index in [2.05, 4.69) is 0 Å². The van der Waals surface area contributed by atoms with Gasteiger partial charge in [-0.15, -0.1) is 0 Å². The van der Waals surface area contributed by atoms with Crippen LogP contribution in [-0.2, 0) is 6.18 Å². The van der Waals surface area contributed by atoms with Crippen LogP contribution < -0.4 is 5.73 Å². The zero-order valence-electron chi connectivity index (χ0n) is 10.7. The molecule has 0 aliphatic rings. The molecule has 0 heterocycles. The molecule has 108 valence electrons. The zero-order chi connectivity index (χ0) is 14.8. The molecular formula is C13H17ClF3NO. The first-order valence-corrected chi connectivity index (χ1v) is 6.31. The van der Waals surface area contributed by atoms with Gasteiger partial charge in [0.15, 0.2) is 0 Å². The summed E-state index contributed by atoms with van der Waals surface area (Å²) in [5.41, 5.74) is 5.09. The maximum atomic E-state index is 12.6. The molecule has 1 rings (SSSR count). The summed E-state index contributed by atoms with van der Waals surface area (Å²) in [5, 5.41) is 10.0. The van der Waals surface area contributed by atoms with Gasteiger partial charge in [0.05, 0.1) is 17.7 Å². The lowest BCUT2D eigenvalue weighted by molar-refractivity contribution is -0.137. The zero-order valence-corrected chi connectivity index (χ0v) is 11.5. The minimum Gasteiger partial charge on any atom is -0.391 e. The minimum atomic E-state index is -4.46. The van der Waals surface area contributed by atoms with Crippen LogP contribution in [0.5, 0.6) is 0 Å². The smallest absolute Gasteiger partial charge is 0.391 e. The number of aliphatic hydroxyl groups excluding tert-OH is 1. The van der Waals surface area contributed by atoms with Crippen LogP contribution in [0.15, 0.2) is 18.2 Å². The van der Waals surface area contributed by atoms with E-state index in [0.717, 1.165) is 18.2 Å². The van der Waals surface area contributed by atoms with E-state index in [1.807, 2.05) is 13.8 Å². The van der Waals surface area contributed by atoms with Gasteiger partial charge < -0.3 is 10.8 Å². The van der Waals surface area contributed by atoms with Gasteiger partial charge in [0, 0.05) is 5.02 Å². The molecule has 0 saturated heterocycles. The Morgan fingerprint density at radius 2 is 1.89 bits per heavy atom. The highest BCUT2D eigenvalue weighted by atomic mass is 35.5. The van der Waals surface area contributed by atoms with Crippen molar-refractivity contribution in [2.75, 3.05) is 0 Å². The number of alkyl halides is 3. The van der Waals surface area contributed by atoms with Crippen molar-refractivity contribution < 1.29 is 18.3 Å². The monoisotopic (exact) mass is 295 g/mol. The highest BCUT2D eigenvalue weighted by molar-refractivity contribution is 6.31. The van der Waals surface area contributed by atoms with E-state index in [0.29, 0.717) is 6.42 Å². The first-order chi connectivity index (χ1) is 8.62. The third-order valence-electron chi connectivity index (χ3n) is 2.81. The Bertz CT molecular complexity index is 434. The summed E-state index contributed by atoms with van der Waals surface area (Å²) in [6.07, 6.45) is -4.99. The summed E-state index contributed by atoms with van der Waals surface area (Å²) in [7, 11) is 0. The van der Waals surface area contributed by atoms with Gasteiger partial charge in [0.1, 0.15) is 0 Å². The van der Waals surface area contributed by atoms with Gasteiger partial charge in [0.25, 0.3) is 0 Å². The van der Waals surface area contributed by atoms with Crippen molar-refractivity contribution in [1.29, 1.82) is 0 Å². The van der Waals surface area contributed by atoms with Crippen LogP contribution in [0.3, 0.4) is 0 Å². The number of hydrogen-bond acceptors (Lipinski definition) is 2. The lowest BCUT2D eigenvalue weighted by Gasteiger charge is -2.22. The van der Waals surface area contributed by atoms with Crippen LogP contribution in [0.1, 0.15) is 37.4 Å². The SMILES string of the molecule is CC(C)C[C@H](O)[C@H](N)c1cc(C(F)(F)F)ccc1Cl. The van der Waals surface area contributed by atoms with E-state index < -0.39 is 23.9 Å². The molecule has 0 aliphatic heterocycles. The summed E-state index contributed by atoms with van der Waals surface area (Å²) < 4.78 is 37.9. The molecule has 0 aliphatic carbocycles. The molecule has 0 spiro atoms. The minimum absolute atomic E-state index is 0.115. The molecule has 6 heteroatoms. The van der Waals surface area contributed by atoms with Crippen LogP contribution in [0.4, 0.5) is 13.2 Å². The molecule has 0 unspecified atom stereocenters. The number of benzene rings is 1. The standard InChI is InChI=1S/C13H17ClF3NO/c1-7(2)5-11(19)12(18)9-6-8(13(15,16)17)3-4-10(9)14/h3-4,6-7,11-12,19H,5,18H2,1-2H3/t11-,12+/m0/s1. The molecule has 0 bridgehead atoms. The van der Waals surface area contributed by atoms with E-state index >= 15 is 0 Å². The first kappa shape index (κ1) is 16.3. The average molecular weight is 296 g/mol. The largest absolute Gasteiger partial charge is 0.416 e. The molecule has 0 fully saturated rings. The highest BCUT2D eigenvalue weighted by Crippen LogP contribution is 2.34. The van der Waals surface area contributed by atoms with Gasteiger partial charge in [-0.2, -0.15) is 13.2 Å². The number of hydrogen-bond donors (Lipinski definition) is 2. The summed E-state index contributed by atoms with van der Waals surface area (Å²) in [5.74, 6) is 0.186. The van der Waals surface area contributed by atoms with Crippen molar-refractivity contribution in [3.8, 4) is 0 Å². The van der Waals surface area contributed by atoms with Crippen molar-refractivity contribution in [3.05, 3.63) is 34.3 Å². The number of rotatable bonds is 4. The molecular weight excluding hydrogens is 279 g/mol. The first-order valence-electron chi connectivity index (χ1n) is 5.93. The Hall–Kier alpha value is -0.780. The molecule has 0 radical (unpaired) electrons. The second-order valence-electron chi connectivity index (χ2n) is 4.96. The fraction of sp³-hybridized carbons (Fsp3) is 0.538. The van der Waals surface area contributed by atoms with Gasteiger partial charge in [0.2, 0.25) is 0 Å². The molecule has 2 nitrogen and oxygen atoms in total. The van der Waals surface area contributed by atoms with Crippen molar-refractivity contribution in [3.63, 3.8) is 0 Å². The van der Waals surface area contributed by atoms with Crippen LogP contribution in [0.25, 0.3) is 0 Å². The molecule has 0 saturated carbocycles. The molecule has 1 aromatic rings. The topological polar surface area (TPSA) is 46.2 Å². The maximum Gasteiger partial charge on any atom is 0.416 e. The molecule has 0 aromatic heterocycles.